The summed E-state index contributed by atoms with van der Waals surface area (Å²) < 4.78 is 0. The molecule has 1 saturated heterocycles. The molecule has 0 bridgehead atoms. The van der Waals surface area contributed by atoms with Gasteiger partial charge in [0.15, 0.2) is 0 Å². The molecule has 1 aliphatic rings. The molecule has 1 aromatic rings. The van der Waals surface area contributed by atoms with Gasteiger partial charge in [0, 0.05) is 19.0 Å². The van der Waals surface area contributed by atoms with Gasteiger partial charge in [-0.15, -0.1) is 0 Å². The van der Waals surface area contributed by atoms with Crippen LogP contribution in [0.3, 0.4) is 0 Å². The second-order valence-corrected chi connectivity index (χ2v) is 6.51. The van der Waals surface area contributed by atoms with Gasteiger partial charge in [0.25, 0.3) is 0 Å². The van der Waals surface area contributed by atoms with Crippen LogP contribution in [-0.2, 0) is 4.79 Å². The Morgan fingerprint density at radius 3 is 2.77 bits per heavy atom. The van der Waals surface area contributed by atoms with Gasteiger partial charge in [-0.3, -0.25) is 4.79 Å². The van der Waals surface area contributed by atoms with Crippen molar-refractivity contribution in [3.05, 3.63) is 35.9 Å². The summed E-state index contributed by atoms with van der Waals surface area (Å²) in [6.45, 7) is 1.44. The Morgan fingerprint density at radius 2 is 2.14 bits per heavy atom. The van der Waals surface area contributed by atoms with Gasteiger partial charge in [0.05, 0.1) is 0 Å². The van der Waals surface area contributed by atoms with E-state index in [1.54, 1.807) is 11.8 Å². The Kier molecular flexibility index (Phi) is 6.12. The third kappa shape index (κ3) is 4.40. The lowest BCUT2D eigenvalue weighted by Crippen LogP contribution is -2.49. The largest absolute Gasteiger partial charge is 0.352 e. The van der Waals surface area contributed by atoms with Gasteiger partial charge < -0.3 is 16.0 Å². The van der Waals surface area contributed by atoms with Crippen molar-refractivity contribution in [1.82, 2.24) is 10.2 Å². The number of rotatable bonds is 6. The van der Waals surface area contributed by atoms with E-state index in [-0.39, 0.29) is 5.91 Å². The molecular formula is C16H23N3O2S. The van der Waals surface area contributed by atoms with Crippen molar-refractivity contribution in [3.8, 4) is 0 Å². The molecular weight excluding hydrogens is 298 g/mol. The Balaban J connectivity index is 1.97. The van der Waals surface area contributed by atoms with Crippen LogP contribution in [-0.4, -0.2) is 48.0 Å². The Labute approximate surface area is 135 Å². The molecule has 0 aromatic heterocycles. The summed E-state index contributed by atoms with van der Waals surface area (Å²) in [5.74, 6) is 1.17. The number of nitrogens with zero attached hydrogens (tertiary/aromatic N) is 1. The molecule has 0 radical (unpaired) electrons. The van der Waals surface area contributed by atoms with Gasteiger partial charge in [-0.1, -0.05) is 30.3 Å². The molecule has 22 heavy (non-hydrogen) atoms. The number of hydrogen-bond donors (Lipinski definition) is 2. The van der Waals surface area contributed by atoms with E-state index in [0.29, 0.717) is 18.9 Å². The first kappa shape index (κ1) is 16.7. The lowest BCUT2D eigenvalue weighted by Gasteiger charge is -2.23. The van der Waals surface area contributed by atoms with E-state index in [1.165, 1.54) is 5.56 Å². The van der Waals surface area contributed by atoms with Crippen LogP contribution in [0.25, 0.3) is 0 Å². The SMILES string of the molecule is CSCCC(NC(N)=O)C(=O)N1CCC(c2ccccc2)C1. The van der Waals surface area contributed by atoms with E-state index in [9.17, 15) is 9.59 Å². The van der Waals surface area contributed by atoms with Crippen LogP contribution >= 0.6 is 11.8 Å². The Hall–Kier alpha value is -1.69. The average molecular weight is 321 g/mol. The second kappa shape index (κ2) is 8.08. The van der Waals surface area contributed by atoms with Crippen molar-refractivity contribution in [2.24, 2.45) is 5.73 Å². The highest BCUT2D eigenvalue weighted by atomic mass is 32.2. The number of carbonyl (C=O) groups is 2. The molecule has 0 saturated carbocycles. The van der Waals surface area contributed by atoms with Crippen LogP contribution in [0.4, 0.5) is 4.79 Å². The summed E-state index contributed by atoms with van der Waals surface area (Å²) in [7, 11) is 0. The number of likely N-dealkylation sites (tertiary alicyclic amines) is 1. The van der Waals surface area contributed by atoms with Crippen molar-refractivity contribution >= 4 is 23.7 Å². The molecule has 5 nitrogen and oxygen atoms in total. The highest BCUT2D eigenvalue weighted by Gasteiger charge is 2.31. The maximum Gasteiger partial charge on any atom is 0.312 e. The van der Waals surface area contributed by atoms with Crippen LogP contribution < -0.4 is 11.1 Å². The van der Waals surface area contributed by atoms with Crippen LogP contribution in [0, 0.1) is 0 Å². The van der Waals surface area contributed by atoms with Gasteiger partial charge in [-0.05, 0) is 30.4 Å². The number of nitrogens with one attached hydrogen (secondary N) is 1. The van der Waals surface area contributed by atoms with Crippen molar-refractivity contribution < 1.29 is 9.59 Å². The molecule has 120 valence electrons. The van der Waals surface area contributed by atoms with Gasteiger partial charge in [-0.2, -0.15) is 11.8 Å². The minimum Gasteiger partial charge on any atom is -0.352 e. The molecule has 0 aliphatic carbocycles. The van der Waals surface area contributed by atoms with Gasteiger partial charge in [0.1, 0.15) is 6.04 Å². The number of primary amides is 1. The third-order valence-electron chi connectivity index (χ3n) is 4.00. The van der Waals surface area contributed by atoms with Crippen LogP contribution in [0.2, 0.25) is 0 Å². The zero-order valence-corrected chi connectivity index (χ0v) is 13.6. The van der Waals surface area contributed by atoms with E-state index >= 15 is 0 Å². The molecule has 0 spiro atoms. The molecule has 3 amide bonds. The third-order valence-corrected chi connectivity index (χ3v) is 4.64. The number of carbonyl (C=O) groups excluding carboxylic acids is 2. The predicted octanol–water partition coefficient (Wildman–Crippen LogP) is 1.79. The highest BCUT2D eigenvalue weighted by Crippen LogP contribution is 2.27. The van der Waals surface area contributed by atoms with E-state index in [1.807, 2.05) is 29.4 Å². The fourth-order valence-corrected chi connectivity index (χ4v) is 3.31. The van der Waals surface area contributed by atoms with Crippen LogP contribution in [0.5, 0.6) is 0 Å². The van der Waals surface area contributed by atoms with E-state index in [0.717, 1.165) is 18.7 Å². The minimum atomic E-state index is -0.641. The zero-order chi connectivity index (χ0) is 15.9. The smallest absolute Gasteiger partial charge is 0.312 e. The Bertz CT molecular complexity index is 509. The Morgan fingerprint density at radius 1 is 1.41 bits per heavy atom. The quantitative estimate of drug-likeness (QED) is 0.839. The lowest BCUT2D eigenvalue weighted by molar-refractivity contribution is -0.132. The maximum atomic E-state index is 12.6. The molecule has 1 aromatic carbocycles. The zero-order valence-electron chi connectivity index (χ0n) is 12.8. The summed E-state index contributed by atoms with van der Waals surface area (Å²) in [5, 5.41) is 2.58. The molecule has 1 aliphatic heterocycles. The molecule has 2 rings (SSSR count). The van der Waals surface area contributed by atoms with Crippen molar-refractivity contribution in [1.29, 1.82) is 0 Å². The van der Waals surface area contributed by atoms with Gasteiger partial charge in [0.2, 0.25) is 5.91 Å². The highest BCUT2D eigenvalue weighted by molar-refractivity contribution is 7.98. The molecule has 3 N–H and O–H groups in total. The molecule has 1 heterocycles. The molecule has 1 fully saturated rings. The number of amides is 3. The number of nitrogens with two attached hydrogens (primary N) is 1. The summed E-state index contributed by atoms with van der Waals surface area (Å²) in [6, 6.07) is 9.09. The summed E-state index contributed by atoms with van der Waals surface area (Å²) in [6.07, 6.45) is 3.55. The number of thioether (sulfide) groups is 1. The number of benzene rings is 1. The second-order valence-electron chi connectivity index (χ2n) is 5.52. The van der Waals surface area contributed by atoms with Crippen molar-refractivity contribution in [2.45, 2.75) is 24.8 Å². The fourth-order valence-electron chi connectivity index (χ4n) is 2.84. The summed E-state index contributed by atoms with van der Waals surface area (Å²) in [4.78, 5) is 25.6. The first-order valence-corrected chi connectivity index (χ1v) is 8.90. The van der Waals surface area contributed by atoms with Gasteiger partial charge in [-0.25, -0.2) is 4.79 Å². The van der Waals surface area contributed by atoms with Crippen molar-refractivity contribution in [2.75, 3.05) is 25.1 Å². The summed E-state index contributed by atoms with van der Waals surface area (Å²) >= 11 is 1.65. The number of hydrogen-bond acceptors (Lipinski definition) is 3. The minimum absolute atomic E-state index is 0.0220. The molecule has 2 unspecified atom stereocenters. The molecule has 2 atom stereocenters. The van der Waals surface area contributed by atoms with Crippen LogP contribution in [0.15, 0.2) is 30.3 Å². The first-order chi connectivity index (χ1) is 10.6. The maximum absolute atomic E-state index is 12.6. The predicted molar refractivity (Wildman–Crippen MR) is 89.9 cm³/mol. The van der Waals surface area contributed by atoms with E-state index in [4.69, 9.17) is 5.73 Å². The number of urea groups is 1. The average Bonchev–Trinajstić information content (AvgIpc) is 3.01. The monoisotopic (exact) mass is 321 g/mol. The normalized spacial score (nSPS) is 19.0. The standard InChI is InChI=1S/C16H23N3O2S/c1-22-10-8-14(18-16(17)21)15(20)19-9-7-13(11-19)12-5-3-2-4-6-12/h2-6,13-14H,7-11H2,1H3,(H3,17,18,21). The first-order valence-electron chi connectivity index (χ1n) is 7.50. The lowest BCUT2D eigenvalue weighted by atomic mass is 9.99. The van der Waals surface area contributed by atoms with E-state index < -0.39 is 12.1 Å². The van der Waals surface area contributed by atoms with Crippen molar-refractivity contribution in [3.63, 3.8) is 0 Å². The fraction of sp³-hybridized carbons (Fsp3) is 0.500. The van der Waals surface area contributed by atoms with E-state index in [2.05, 4.69) is 17.4 Å². The van der Waals surface area contributed by atoms with Crippen LogP contribution in [0.1, 0.15) is 24.3 Å². The molecule has 6 heteroatoms. The topological polar surface area (TPSA) is 75.4 Å². The summed E-state index contributed by atoms with van der Waals surface area (Å²) in [5.41, 5.74) is 6.46. The van der Waals surface area contributed by atoms with Gasteiger partial charge >= 0.3 is 6.03 Å².